The molecule has 0 aromatic heterocycles. The van der Waals surface area contributed by atoms with E-state index in [9.17, 15) is 8.42 Å². The van der Waals surface area contributed by atoms with Gasteiger partial charge in [0.2, 0.25) is 10.0 Å². The minimum atomic E-state index is -3.68. The summed E-state index contributed by atoms with van der Waals surface area (Å²) in [5.41, 5.74) is 0.972. The largest absolute Gasteiger partial charge is 2.00 e. The van der Waals surface area contributed by atoms with Crippen LogP contribution in [0.1, 0.15) is 5.56 Å². The second-order valence-electron chi connectivity index (χ2n) is 5.65. The van der Waals surface area contributed by atoms with Crippen LogP contribution in [-0.2, 0) is 49.8 Å². The van der Waals surface area contributed by atoms with Crippen molar-refractivity contribution >= 4 is 10.0 Å². The van der Waals surface area contributed by atoms with Crippen molar-refractivity contribution in [2.75, 3.05) is 19.7 Å². The van der Waals surface area contributed by atoms with Crippen molar-refractivity contribution in [3.05, 3.63) is 88.3 Å². The Bertz CT molecular complexity index is 788. The Morgan fingerprint density at radius 3 is 1.75 bits per heavy atom. The fraction of sp³-hybridized carbons (Fsp3) is 0.273. The molecule has 1 aliphatic carbocycles. The minimum Gasteiger partial charge on any atom is -0.0312 e. The van der Waals surface area contributed by atoms with Gasteiger partial charge in [-0.15, -0.1) is 0 Å². The number of hydrogen-bond acceptors (Lipinski definition) is 4. The van der Waals surface area contributed by atoms with Crippen LogP contribution in [0.3, 0.4) is 0 Å². The van der Waals surface area contributed by atoms with E-state index in [1.807, 2.05) is 39.0 Å². The Labute approximate surface area is 205 Å². The molecule has 2 fully saturated rings. The maximum absolute atomic E-state index is 12.5. The van der Waals surface area contributed by atoms with Crippen LogP contribution in [0.15, 0.2) is 29.2 Å². The zero-order valence-electron chi connectivity index (χ0n) is 17.1. The van der Waals surface area contributed by atoms with E-state index in [4.69, 9.17) is 30.2 Å². The van der Waals surface area contributed by atoms with E-state index in [1.54, 1.807) is 24.3 Å². The van der Waals surface area contributed by atoms with E-state index in [-0.39, 0.29) is 57.9 Å². The van der Waals surface area contributed by atoms with Gasteiger partial charge in [0.05, 0.1) is 11.5 Å². The molecule has 5 radical (unpaired) electrons. The first kappa shape index (κ1) is 35.1. The van der Waals surface area contributed by atoms with E-state index in [0.717, 1.165) is 9.87 Å². The van der Waals surface area contributed by atoms with Crippen LogP contribution in [0, 0.1) is 71.3 Å². The summed E-state index contributed by atoms with van der Waals surface area (Å²) < 4.78 is 53.7. The van der Waals surface area contributed by atoms with E-state index < -0.39 is 10.0 Å². The molecule has 0 spiro atoms. The van der Waals surface area contributed by atoms with Gasteiger partial charge >= 0.3 is 55.0 Å². The molecular weight excluding hydrogens is 606 g/mol. The molecule has 0 amide bonds. The second kappa shape index (κ2) is 21.4. The maximum atomic E-state index is 12.5. The number of benzene rings is 1. The van der Waals surface area contributed by atoms with Gasteiger partial charge in [-0.25, -0.2) is 8.42 Å². The van der Waals surface area contributed by atoms with Crippen LogP contribution >= 0.6 is 0 Å². The van der Waals surface area contributed by atoms with Gasteiger partial charge in [-0.3, -0.25) is 0 Å². The summed E-state index contributed by atoms with van der Waals surface area (Å²) in [7, 11) is -3.68. The summed E-state index contributed by atoms with van der Waals surface area (Å²) in [6.45, 7) is 15.2. The van der Waals surface area contributed by atoms with Crippen LogP contribution in [0.4, 0.5) is 0 Å². The first-order valence-corrected chi connectivity index (χ1v) is 9.93. The predicted molar refractivity (Wildman–Crippen MR) is 106 cm³/mol. The molecular formula is C22H21NO7SW+. The van der Waals surface area contributed by atoms with Crippen molar-refractivity contribution in [2.24, 2.45) is 0 Å². The summed E-state index contributed by atoms with van der Waals surface area (Å²) >= 11 is 0. The summed E-state index contributed by atoms with van der Waals surface area (Å²) in [4.78, 5) is 0.180. The zero-order valence-corrected chi connectivity index (χ0v) is 20.9. The molecule has 1 aromatic carbocycles. The van der Waals surface area contributed by atoms with Gasteiger partial charge in [0.1, 0.15) is 12.2 Å². The van der Waals surface area contributed by atoms with Gasteiger partial charge < -0.3 is 22.2 Å². The van der Waals surface area contributed by atoms with Crippen LogP contribution in [0.2, 0.25) is 0 Å². The molecule has 167 valence electrons. The number of rotatable bonds is 6. The van der Waals surface area contributed by atoms with E-state index >= 15 is 0 Å². The molecule has 8 nitrogen and oxygen atoms in total. The van der Waals surface area contributed by atoms with Crippen LogP contribution in [-0.4, -0.2) is 49.7 Å². The third-order valence-corrected chi connectivity index (χ3v) is 5.55. The standard InChI is InChI=1S/C14H16NO4S.C5H5.3CO.W/c1-3-8-15(9-13-14(10-16)19-13)20(17,18)12-6-4-11(2)5-7-12;1-2-4-5-3-1;3*1-2;/h4-7,13-14,16H,8-10H2,2H3;1-5H;;;;/q-1;;;;;+2/t13-,14-;;;;;/m1...../s1. The Kier molecular flexibility index (Phi) is 23.4. The monoisotopic (exact) mass is 627 g/mol. The van der Waals surface area contributed by atoms with Crippen molar-refractivity contribution in [3.63, 3.8) is 0 Å². The van der Waals surface area contributed by atoms with Crippen molar-refractivity contribution in [2.45, 2.75) is 24.0 Å². The number of aliphatic hydroxyl groups is 1. The number of sulfonamides is 1. The Balaban J connectivity index is -0.000000590. The summed E-state index contributed by atoms with van der Waals surface area (Å²) in [6, 6.07) is 6.53. The van der Waals surface area contributed by atoms with Crippen molar-refractivity contribution in [3.8, 4) is 5.92 Å². The molecule has 3 rings (SSSR count). The van der Waals surface area contributed by atoms with Crippen LogP contribution in [0.5, 0.6) is 0 Å². The Morgan fingerprint density at radius 2 is 1.41 bits per heavy atom. The average molecular weight is 627 g/mol. The van der Waals surface area contributed by atoms with Gasteiger partial charge in [-0.2, -0.15) is 4.31 Å². The third kappa shape index (κ3) is 13.2. The predicted octanol–water partition coefficient (Wildman–Crippen LogP) is 1.24. The molecule has 1 aliphatic heterocycles. The molecule has 2 atom stereocenters. The molecule has 1 aromatic rings. The number of hydrogen-bond donors (Lipinski definition) is 1. The van der Waals surface area contributed by atoms with E-state index in [0.29, 0.717) is 0 Å². The number of nitrogens with zero attached hydrogens (tertiary/aromatic N) is 1. The number of aryl methyl sites for hydroxylation is 1. The first-order chi connectivity index (χ1) is 15.0. The molecule has 1 N–H and O–H groups in total. The molecule has 32 heavy (non-hydrogen) atoms. The van der Waals surface area contributed by atoms with Gasteiger partial charge in [-0.1, -0.05) is 17.7 Å². The van der Waals surface area contributed by atoms with E-state index in [1.165, 1.54) is 0 Å². The molecule has 1 heterocycles. The Morgan fingerprint density at radius 1 is 0.969 bits per heavy atom. The van der Waals surface area contributed by atoms with Gasteiger partial charge in [-0.05, 0) is 51.2 Å². The van der Waals surface area contributed by atoms with Gasteiger partial charge in [0.15, 0.2) is 0 Å². The smallest absolute Gasteiger partial charge is 0.0312 e. The molecule has 10 heteroatoms. The number of ether oxygens (including phenoxy) is 1. The minimum absolute atomic E-state index is 0. The van der Waals surface area contributed by atoms with Gasteiger partial charge in [0, 0.05) is 13.1 Å². The summed E-state index contributed by atoms with van der Waals surface area (Å²) in [6.07, 6.45) is 16.4. The second-order valence-corrected chi connectivity index (χ2v) is 7.58. The number of epoxide rings is 1. The molecule has 1 saturated carbocycles. The van der Waals surface area contributed by atoms with E-state index in [2.05, 4.69) is 25.9 Å². The quantitative estimate of drug-likeness (QED) is 0.220. The first-order valence-electron chi connectivity index (χ1n) is 8.49. The fourth-order valence-electron chi connectivity index (χ4n) is 2.22. The average Bonchev–Trinajstić information content (AvgIpc) is 3.28. The molecule has 0 unspecified atom stereocenters. The Hall–Kier alpha value is -1.48. The topological polar surface area (TPSA) is 130 Å². The summed E-state index contributed by atoms with van der Waals surface area (Å²) in [5.74, 6) is 2.10. The molecule has 0 bridgehead atoms. The zero-order chi connectivity index (χ0) is 24.3. The van der Waals surface area contributed by atoms with Crippen molar-refractivity contribution in [1.82, 2.24) is 4.31 Å². The summed E-state index contributed by atoms with van der Waals surface area (Å²) in [5, 5.41) is 8.92. The fourth-order valence-corrected chi connectivity index (χ4v) is 3.57. The van der Waals surface area contributed by atoms with Crippen LogP contribution in [0.25, 0.3) is 0 Å². The van der Waals surface area contributed by atoms with Crippen molar-refractivity contribution < 1.29 is 53.3 Å². The number of aliphatic hydroxyl groups excluding tert-OH is 1. The normalized spacial score (nSPS) is 17.5. The maximum Gasteiger partial charge on any atom is 2.00 e. The third-order valence-electron chi connectivity index (χ3n) is 3.72. The van der Waals surface area contributed by atoms with Crippen LogP contribution < -0.4 is 0 Å². The van der Waals surface area contributed by atoms with Crippen molar-refractivity contribution in [1.29, 1.82) is 0 Å². The molecule has 1 saturated heterocycles. The SMILES string of the molecule is [C-]#CCN(C[C@H]1O[C@@H]1CO)S(=O)(=O)c1ccc(C)cc1.[C-]#[O+].[C-]#[O+].[C-]#[O+].[CH]1[CH][CH][CH][CH]1.[W+2]. The molecule has 2 aliphatic rings. The van der Waals surface area contributed by atoms with Gasteiger partial charge in [0.25, 0.3) is 0 Å².